The Morgan fingerprint density at radius 2 is 2.00 bits per heavy atom. The van der Waals surface area contributed by atoms with Crippen molar-refractivity contribution in [2.45, 2.75) is 26.9 Å². The van der Waals surface area contributed by atoms with Crippen LogP contribution in [-0.2, 0) is 17.9 Å². The van der Waals surface area contributed by atoms with Crippen LogP contribution in [0.4, 0.5) is 5.69 Å². The van der Waals surface area contributed by atoms with Crippen molar-refractivity contribution >= 4 is 49.1 Å². The maximum absolute atomic E-state index is 13.1. The topological polar surface area (TPSA) is 67.2 Å². The first kappa shape index (κ1) is 19.7. The third kappa shape index (κ3) is 4.12. The Bertz CT molecular complexity index is 1070. The molecule has 0 aliphatic heterocycles. The molecule has 2 aromatic heterocycles. The number of para-hydroxylation sites is 1. The Morgan fingerprint density at radius 3 is 2.67 bits per heavy atom. The van der Waals surface area contributed by atoms with Crippen molar-refractivity contribution in [1.29, 1.82) is 0 Å². The van der Waals surface area contributed by atoms with Crippen LogP contribution in [0.15, 0.2) is 33.5 Å². The largest absolute Gasteiger partial charge is 0.324 e. The van der Waals surface area contributed by atoms with Gasteiger partial charge in [0.2, 0.25) is 5.91 Å². The summed E-state index contributed by atoms with van der Waals surface area (Å²) in [6, 6.07) is 7.37. The molecule has 0 saturated carbocycles. The van der Waals surface area contributed by atoms with Crippen LogP contribution in [0.2, 0.25) is 0 Å². The summed E-state index contributed by atoms with van der Waals surface area (Å²) in [4.78, 5) is 34.2. The third-order valence-corrected chi connectivity index (χ3v) is 6.07. The van der Waals surface area contributed by atoms with Gasteiger partial charge >= 0.3 is 0 Å². The number of carbonyl (C=O) groups excluding carboxylic acids is 1. The van der Waals surface area contributed by atoms with Gasteiger partial charge in [-0.15, -0.1) is 11.3 Å². The van der Waals surface area contributed by atoms with E-state index in [0.29, 0.717) is 23.4 Å². The van der Waals surface area contributed by atoms with E-state index in [-0.39, 0.29) is 18.0 Å². The normalized spacial score (nSPS) is 11.3. The number of fused-ring (bicyclic) bond motifs is 1. The summed E-state index contributed by atoms with van der Waals surface area (Å²) in [7, 11) is 3.82. The van der Waals surface area contributed by atoms with E-state index in [1.165, 1.54) is 15.9 Å². The van der Waals surface area contributed by atoms with Gasteiger partial charge in [-0.2, -0.15) is 0 Å². The van der Waals surface area contributed by atoms with Crippen LogP contribution in [0.25, 0.3) is 10.2 Å². The SMILES string of the molecule is Cc1sc2nc(CN(C)C)n(CC(=O)Nc3ccccc3Br)c(=O)c2c1C. The van der Waals surface area contributed by atoms with Crippen LogP contribution in [0.5, 0.6) is 0 Å². The van der Waals surface area contributed by atoms with Gasteiger partial charge in [0.1, 0.15) is 17.2 Å². The Morgan fingerprint density at radius 1 is 1.30 bits per heavy atom. The Labute approximate surface area is 170 Å². The number of anilines is 1. The van der Waals surface area contributed by atoms with Crippen molar-refractivity contribution < 1.29 is 4.79 Å². The highest BCUT2D eigenvalue weighted by Gasteiger charge is 2.19. The quantitative estimate of drug-likeness (QED) is 0.647. The molecule has 3 rings (SSSR count). The van der Waals surface area contributed by atoms with Crippen molar-refractivity contribution in [2.75, 3.05) is 19.4 Å². The van der Waals surface area contributed by atoms with Crippen LogP contribution in [-0.4, -0.2) is 34.5 Å². The summed E-state index contributed by atoms with van der Waals surface area (Å²) in [6.45, 7) is 4.30. The molecule has 8 heteroatoms. The van der Waals surface area contributed by atoms with Crippen LogP contribution >= 0.6 is 27.3 Å². The fraction of sp³-hybridized carbons (Fsp3) is 0.316. The highest BCUT2D eigenvalue weighted by Crippen LogP contribution is 2.26. The van der Waals surface area contributed by atoms with Crippen molar-refractivity contribution in [3.05, 3.63) is 55.4 Å². The van der Waals surface area contributed by atoms with Crippen LogP contribution in [0.1, 0.15) is 16.3 Å². The van der Waals surface area contributed by atoms with Gasteiger partial charge in [0.05, 0.1) is 17.6 Å². The molecule has 1 amide bonds. The van der Waals surface area contributed by atoms with Crippen molar-refractivity contribution in [2.24, 2.45) is 0 Å². The summed E-state index contributed by atoms with van der Waals surface area (Å²) in [6.07, 6.45) is 0. The number of hydrogen-bond donors (Lipinski definition) is 1. The van der Waals surface area contributed by atoms with Crippen molar-refractivity contribution in [3.8, 4) is 0 Å². The van der Waals surface area contributed by atoms with Gasteiger partial charge in [0.25, 0.3) is 5.56 Å². The van der Waals surface area contributed by atoms with Crippen LogP contribution in [0.3, 0.4) is 0 Å². The number of aryl methyl sites for hydroxylation is 2. The van der Waals surface area contributed by atoms with E-state index in [1.807, 2.05) is 51.0 Å². The minimum atomic E-state index is -0.269. The second-order valence-electron chi connectivity index (χ2n) is 6.65. The lowest BCUT2D eigenvalue weighted by molar-refractivity contribution is -0.116. The molecule has 2 heterocycles. The van der Waals surface area contributed by atoms with E-state index in [4.69, 9.17) is 0 Å². The minimum absolute atomic E-state index is 0.0827. The molecule has 0 fully saturated rings. The molecule has 0 radical (unpaired) electrons. The third-order valence-electron chi connectivity index (χ3n) is 4.28. The number of benzene rings is 1. The molecule has 1 N–H and O–H groups in total. The molecule has 0 aliphatic carbocycles. The Balaban J connectivity index is 2.02. The second kappa shape index (κ2) is 7.92. The summed E-state index contributed by atoms with van der Waals surface area (Å²) >= 11 is 4.93. The van der Waals surface area contributed by atoms with E-state index < -0.39 is 0 Å². The number of nitrogens with zero attached hydrogens (tertiary/aromatic N) is 3. The Kier molecular flexibility index (Phi) is 5.78. The average molecular weight is 449 g/mol. The van der Waals surface area contributed by atoms with E-state index in [0.717, 1.165) is 19.7 Å². The average Bonchev–Trinajstić information content (AvgIpc) is 2.87. The summed E-state index contributed by atoms with van der Waals surface area (Å²) in [5.41, 5.74) is 1.44. The van der Waals surface area contributed by atoms with Crippen molar-refractivity contribution in [1.82, 2.24) is 14.5 Å². The number of rotatable bonds is 5. The fourth-order valence-electron chi connectivity index (χ4n) is 2.83. The van der Waals surface area contributed by atoms with Gasteiger partial charge in [-0.05, 0) is 61.6 Å². The van der Waals surface area contributed by atoms with E-state index in [2.05, 4.69) is 26.2 Å². The lowest BCUT2D eigenvalue weighted by atomic mass is 10.2. The number of halogens is 1. The minimum Gasteiger partial charge on any atom is -0.324 e. The maximum Gasteiger partial charge on any atom is 0.263 e. The first-order valence-electron chi connectivity index (χ1n) is 8.46. The van der Waals surface area contributed by atoms with Crippen LogP contribution < -0.4 is 10.9 Å². The Hall–Kier alpha value is -2.03. The number of thiophene rings is 1. The monoisotopic (exact) mass is 448 g/mol. The molecule has 0 bridgehead atoms. The van der Waals surface area contributed by atoms with Gasteiger partial charge in [0, 0.05) is 9.35 Å². The van der Waals surface area contributed by atoms with Gasteiger partial charge in [-0.25, -0.2) is 4.98 Å². The standard InChI is InChI=1S/C19H21BrN4O2S/c1-11-12(2)27-18-17(11)19(26)24(15(22-18)9-23(3)4)10-16(25)21-14-8-6-5-7-13(14)20/h5-8H,9-10H2,1-4H3,(H,21,25). The lowest BCUT2D eigenvalue weighted by Gasteiger charge is -2.16. The maximum atomic E-state index is 13.1. The molecule has 142 valence electrons. The number of amides is 1. The highest BCUT2D eigenvalue weighted by atomic mass is 79.9. The zero-order valence-electron chi connectivity index (χ0n) is 15.7. The second-order valence-corrected chi connectivity index (χ2v) is 8.71. The summed E-state index contributed by atoms with van der Waals surface area (Å²) < 4.78 is 2.27. The zero-order chi connectivity index (χ0) is 19.7. The highest BCUT2D eigenvalue weighted by molar-refractivity contribution is 9.10. The molecule has 0 aliphatic rings. The first-order valence-corrected chi connectivity index (χ1v) is 10.1. The van der Waals surface area contributed by atoms with Crippen molar-refractivity contribution in [3.63, 3.8) is 0 Å². The lowest BCUT2D eigenvalue weighted by Crippen LogP contribution is -2.33. The molecule has 0 unspecified atom stereocenters. The molecular weight excluding hydrogens is 428 g/mol. The van der Waals surface area contributed by atoms with E-state index >= 15 is 0 Å². The van der Waals surface area contributed by atoms with Crippen LogP contribution in [0, 0.1) is 13.8 Å². The number of carbonyl (C=O) groups is 1. The molecular formula is C19H21BrN4O2S. The smallest absolute Gasteiger partial charge is 0.263 e. The first-order chi connectivity index (χ1) is 12.8. The van der Waals surface area contributed by atoms with Gasteiger partial charge in [0.15, 0.2) is 0 Å². The molecule has 0 atom stereocenters. The molecule has 0 spiro atoms. The van der Waals surface area contributed by atoms with Gasteiger partial charge in [-0.3, -0.25) is 14.2 Å². The molecule has 0 saturated heterocycles. The fourth-order valence-corrected chi connectivity index (χ4v) is 4.25. The summed E-state index contributed by atoms with van der Waals surface area (Å²) in [5.74, 6) is 0.316. The van der Waals surface area contributed by atoms with Gasteiger partial charge < -0.3 is 10.2 Å². The molecule has 1 aromatic carbocycles. The van der Waals surface area contributed by atoms with E-state index in [1.54, 1.807) is 6.07 Å². The predicted octanol–water partition coefficient (Wildman–Crippen LogP) is 3.54. The molecule has 3 aromatic rings. The molecule has 6 nitrogen and oxygen atoms in total. The van der Waals surface area contributed by atoms with Gasteiger partial charge in [-0.1, -0.05) is 12.1 Å². The van der Waals surface area contributed by atoms with E-state index in [9.17, 15) is 9.59 Å². The predicted molar refractivity (Wildman–Crippen MR) is 114 cm³/mol. The molecule has 27 heavy (non-hydrogen) atoms. The number of hydrogen-bond acceptors (Lipinski definition) is 5. The zero-order valence-corrected chi connectivity index (χ0v) is 18.1. The number of aromatic nitrogens is 2. The summed E-state index contributed by atoms with van der Waals surface area (Å²) in [5, 5.41) is 3.46. The number of nitrogens with one attached hydrogen (secondary N) is 1.